The summed E-state index contributed by atoms with van der Waals surface area (Å²) in [5.74, 6) is 5.80. The number of hydrogen-bond donors (Lipinski definition) is 0. The number of rotatable bonds is 16. The number of benzene rings is 5. The Balaban J connectivity index is 1.74. The van der Waals surface area contributed by atoms with Crippen LogP contribution in [-0.2, 0) is 0 Å². The molecule has 8 heteroatoms. The van der Waals surface area contributed by atoms with Crippen molar-refractivity contribution in [1.82, 2.24) is 0 Å². The van der Waals surface area contributed by atoms with Gasteiger partial charge < -0.3 is 37.9 Å². The van der Waals surface area contributed by atoms with Gasteiger partial charge in [-0.2, -0.15) is 0 Å². The zero-order valence-corrected chi connectivity index (χ0v) is 32.0. The Morgan fingerprint density at radius 2 is 0.444 bits per heavy atom. The lowest BCUT2D eigenvalue weighted by Crippen LogP contribution is -1.92. The van der Waals surface area contributed by atoms with Crippen LogP contribution >= 0.6 is 0 Å². The molecule has 0 unspecified atom stereocenters. The Bertz CT molecular complexity index is 1870. The van der Waals surface area contributed by atoms with Crippen molar-refractivity contribution in [3.63, 3.8) is 0 Å². The van der Waals surface area contributed by atoms with Crippen molar-refractivity contribution >= 4 is 48.6 Å². The molecule has 5 aromatic carbocycles. The molecule has 0 aliphatic rings. The van der Waals surface area contributed by atoms with Gasteiger partial charge in [-0.05, 0) is 107 Å². The molecule has 5 rings (SSSR count). The normalized spacial score (nSPS) is 11.4. The average molecular weight is 727 g/mol. The van der Waals surface area contributed by atoms with Gasteiger partial charge in [0.25, 0.3) is 0 Å². The highest BCUT2D eigenvalue weighted by Gasteiger charge is 2.10. The van der Waals surface area contributed by atoms with Gasteiger partial charge in [-0.1, -0.05) is 48.6 Å². The van der Waals surface area contributed by atoms with E-state index in [-0.39, 0.29) is 0 Å². The van der Waals surface area contributed by atoms with Crippen LogP contribution in [0.1, 0.15) is 44.5 Å². The van der Waals surface area contributed by atoms with Gasteiger partial charge in [0.2, 0.25) is 0 Å². The van der Waals surface area contributed by atoms with Crippen molar-refractivity contribution in [2.75, 3.05) is 56.9 Å². The fourth-order valence-corrected chi connectivity index (χ4v) is 5.84. The van der Waals surface area contributed by atoms with Gasteiger partial charge in [-0.15, -0.1) is 0 Å². The summed E-state index contributed by atoms with van der Waals surface area (Å²) in [4.78, 5) is 0. The van der Waals surface area contributed by atoms with Crippen molar-refractivity contribution in [2.24, 2.45) is 0 Å². The maximum absolute atomic E-state index is 5.69. The Morgan fingerprint density at radius 1 is 0.241 bits per heavy atom. The van der Waals surface area contributed by atoms with Gasteiger partial charge in [-0.3, -0.25) is 0 Å². The first-order valence-corrected chi connectivity index (χ1v) is 17.1. The molecule has 0 fully saturated rings. The lowest BCUT2D eigenvalue weighted by molar-refractivity contribution is 0.402. The molecule has 0 aromatic heterocycles. The highest BCUT2D eigenvalue weighted by atomic mass is 16.5. The SMILES string of the molecule is COc1ccc(OC)c(C=Cc2cc(C=Cc3cc(OC)ccc3OC)c(C=Cc3cc(OC)ccc3OC)cc2C=Cc2cc(OC)ccc2OC)c1. The number of methoxy groups -OCH3 is 8. The maximum atomic E-state index is 5.69. The predicted octanol–water partition coefficient (Wildman–Crippen LogP) is 10.4. The molecule has 0 atom stereocenters. The van der Waals surface area contributed by atoms with Crippen molar-refractivity contribution in [1.29, 1.82) is 0 Å². The Kier molecular flexibility index (Phi) is 13.5. The van der Waals surface area contributed by atoms with Crippen LogP contribution in [0.2, 0.25) is 0 Å². The zero-order chi connectivity index (χ0) is 38.5. The van der Waals surface area contributed by atoms with Gasteiger partial charge in [0.15, 0.2) is 0 Å². The second-order valence-corrected chi connectivity index (χ2v) is 11.9. The molecule has 278 valence electrons. The third-order valence-electron chi connectivity index (χ3n) is 8.81. The minimum absolute atomic E-state index is 0.724. The van der Waals surface area contributed by atoms with Gasteiger partial charge in [0, 0.05) is 22.3 Å². The molecule has 0 amide bonds. The third-order valence-corrected chi connectivity index (χ3v) is 8.81. The Morgan fingerprint density at radius 3 is 0.630 bits per heavy atom. The molecule has 0 radical (unpaired) electrons. The van der Waals surface area contributed by atoms with Gasteiger partial charge in [0.05, 0.1) is 56.9 Å². The van der Waals surface area contributed by atoms with E-state index in [4.69, 9.17) is 37.9 Å². The fourth-order valence-electron chi connectivity index (χ4n) is 5.84. The van der Waals surface area contributed by atoms with Crippen LogP contribution in [0.15, 0.2) is 84.9 Å². The lowest BCUT2D eigenvalue weighted by Gasteiger charge is -2.12. The van der Waals surface area contributed by atoms with E-state index in [1.165, 1.54) is 0 Å². The molecule has 0 heterocycles. The highest BCUT2D eigenvalue weighted by Crippen LogP contribution is 2.33. The van der Waals surface area contributed by atoms with Crippen LogP contribution in [-0.4, -0.2) is 56.9 Å². The maximum Gasteiger partial charge on any atom is 0.126 e. The highest BCUT2D eigenvalue weighted by molar-refractivity contribution is 5.88. The standard InChI is InChI=1S/C46H46O8/c1-47-39-17-21-43(51-5)35(27-39)13-9-31-25-33(11-15-37-29-41(49-3)19-23-45(37)53-7)34(12-16-38-30-42(50-4)20-24-46(38)54-8)26-32(31)10-14-36-28-40(48-2)18-22-44(36)52-6/h9-30H,1-8H3. The smallest absolute Gasteiger partial charge is 0.126 e. The summed E-state index contributed by atoms with van der Waals surface area (Å²) in [5.41, 5.74) is 7.28. The van der Waals surface area contributed by atoms with Crippen LogP contribution < -0.4 is 37.9 Å². The van der Waals surface area contributed by atoms with E-state index >= 15 is 0 Å². The topological polar surface area (TPSA) is 73.8 Å². The second-order valence-electron chi connectivity index (χ2n) is 11.9. The lowest BCUT2D eigenvalue weighted by atomic mass is 9.95. The molecular formula is C46H46O8. The van der Waals surface area contributed by atoms with E-state index in [1.54, 1.807) is 56.9 Å². The van der Waals surface area contributed by atoms with Crippen LogP contribution in [0.5, 0.6) is 46.0 Å². The van der Waals surface area contributed by atoms with Gasteiger partial charge in [0.1, 0.15) is 46.0 Å². The first-order chi connectivity index (χ1) is 26.4. The predicted molar refractivity (Wildman–Crippen MR) is 220 cm³/mol. The fraction of sp³-hybridized carbons (Fsp3) is 0.174. The molecule has 0 aliphatic heterocycles. The molecule has 0 N–H and O–H groups in total. The molecular weight excluding hydrogens is 680 g/mol. The summed E-state index contributed by atoms with van der Waals surface area (Å²) in [5, 5.41) is 0. The third kappa shape index (κ3) is 9.46. The summed E-state index contributed by atoms with van der Waals surface area (Å²) in [7, 11) is 13.2. The zero-order valence-electron chi connectivity index (χ0n) is 32.0. The monoisotopic (exact) mass is 726 g/mol. The van der Waals surface area contributed by atoms with E-state index < -0.39 is 0 Å². The average Bonchev–Trinajstić information content (AvgIpc) is 3.22. The summed E-state index contributed by atoms with van der Waals surface area (Å²) in [6.45, 7) is 0. The molecule has 0 spiro atoms. The van der Waals surface area contributed by atoms with Crippen LogP contribution in [0.25, 0.3) is 48.6 Å². The van der Waals surface area contributed by atoms with Crippen molar-refractivity contribution in [3.8, 4) is 46.0 Å². The molecule has 0 saturated heterocycles. The Hall–Kier alpha value is -6.54. The molecule has 54 heavy (non-hydrogen) atoms. The summed E-state index contributed by atoms with van der Waals surface area (Å²) < 4.78 is 44.8. The minimum Gasteiger partial charge on any atom is -0.497 e. The minimum atomic E-state index is 0.724. The molecule has 5 aromatic rings. The van der Waals surface area contributed by atoms with E-state index in [0.717, 1.165) is 90.5 Å². The summed E-state index contributed by atoms with van der Waals surface area (Å²) >= 11 is 0. The molecule has 0 bridgehead atoms. The van der Waals surface area contributed by atoms with Crippen LogP contribution in [0, 0.1) is 0 Å². The first kappa shape index (κ1) is 38.7. The van der Waals surface area contributed by atoms with Crippen LogP contribution in [0.3, 0.4) is 0 Å². The van der Waals surface area contributed by atoms with Crippen LogP contribution in [0.4, 0.5) is 0 Å². The first-order valence-electron chi connectivity index (χ1n) is 17.1. The van der Waals surface area contributed by atoms with Crippen molar-refractivity contribution < 1.29 is 37.9 Å². The number of hydrogen-bond acceptors (Lipinski definition) is 8. The quantitative estimate of drug-likeness (QED) is 0.0931. The molecule has 0 saturated carbocycles. The van der Waals surface area contributed by atoms with E-state index in [2.05, 4.69) is 36.4 Å². The molecule has 8 nitrogen and oxygen atoms in total. The van der Waals surface area contributed by atoms with E-state index in [1.807, 2.05) is 97.1 Å². The summed E-state index contributed by atoms with van der Waals surface area (Å²) in [6, 6.07) is 27.2. The van der Waals surface area contributed by atoms with Gasteiger partial charge in [-0.25, -0.2) is 0 Å². The van der Waals surface area contributed by atoms with E-state index in [9.17, 15) is 0 Å². The largest absolute Gasteiger partial charge is 0.497 e. The Labute approximate surface area is 318 Å². The molecule has 0 aliphatic carbocycles. The van der Waals surface area contributed by atoms with Crippen molar-refractivity contribution in [3.05, 3.63) is 129 Å². The van der Waals surface area contributed by atoms with Gasteiger partial charge >= 0.3 is 0 Å². The van der Waals surface area contributed by atoms with E-state index in [0.29, 0.717) is 0 Å². The van der Waals surface area contributed by atoms with Crippen molar-refractivity contribution in [2.45, 2.75) is 0 Å². The summed E-state index contributed by atoms with van der Waals surface area (Å²) in [6.07, 6.45) is 16.4. The number of ether oxygens (including phenoxy) is 8. The second kappa shape index (κ2) is 18.8.